The van der Waals surface area contributed by atoms with Crippen molar-refractivity contribution in [2.75, 3.05) is 0 Å². The first-order chi connectivity index (χ1) is 9.65. The van der Waals surface area contributed by atoms with E-state index in [4.69, 9.17) is 5.11 Å². The van der Waals surface area contributed by atoms with Gasteiger partial charge < -0.3 is 5.11 Å². The Labute approximate surface area is 114 Å². The van der Waals surface area contributed by atoms with Crippen molar-refractivity contribution >= 4 is 5.97 Å². The molecule has 0 amide bonds. The van der Waals surface area contributed by atoms with Crippen molar-refractivity contribution in [1.82, 2.24) is 19.6 Å². The molecule has 3 aromatic rings. The lowest BCUT2D eigenvalue weighted by Gasteiger charge is -2.04. The molecule has 0 unspecified atom stereocenters. The number of carbonyl (C=O) groups is 1. The van der Waals surface area contributed by atoms with Gasteiger partial charge in [-0.15, -0.1) is 0 Å². The minimum atomic E-state index is -1.03. The average molecular weight is 268 g/mol. The minimum Gasteiger partial charge on any atom is -0.476 e. The number of aromatic nitrogens is 4. The number of carboxylic acid groups (broad SMARTS) is 1. The zero-order valence-electron chi connectivity index (χ0n) is 10.8. The Balaban J connectivity index is 1.97. The van der Waals surface area contributed by atoms with E-state index in [-0.39, 0.29) is 5.69 Å². The molecule has 0 aliphatic carbocycles. The highest BCUT2D eigenvalue weighted by molar-refractivity contribution is 5.87. The van der Waals surface area contributed by atoms with Gasteiger partial charge in [0.2, 0.25) is 0 Å². The smallest absolute Gasteiger partial charge is 0.356 e. The first-order valence-corrected chi connectivity index (χ1v) is 6.03. The molecule has 0 atom stereocenters. The standard InChI is InChI=1S/C14H12N4O2/c1-17-13(9-12(16-17)14(19)20)10-3-5-11(6-4-10)18-8-2-7-15-18/h2-9H,1H3,(H,19,20). The summed E-state index contributed by atoms with van der Waals surface area (Å²) in [5.41, 5.74) is 2.65. The Kier molecular flexibility index (Phi) is 2.83. The lowest BCUT2D eigenvalue weighted by molar-refractivity contribution is 0.0689. The van der Waals surface area contributed by atoms with Gasteiger partial charge in [-0.25, -0.2) is 9.48 Å². The maximum absolute atomic E-state index is 10.9. The summed E-state index contributed by atoms with van der Waals surface area (Å²) in [5, 5.41) is 17.1. The van der Waals surface area contributed by atoms with Crippen molar-refractivity contribution in [3.05, 3.63) is 54.5 Å². The summed E-state index contributed by atoms with van der Waals surface area (Å²) in [6.45, 7) is 0. The second-order valence-electron chi connectivity index (χ2n) is 4.34. The Hall–Kier alpha value is -2.89. The van der Waals surface area contributed by atoms with Crippen LogP contribution in [0.15, 0.2) is 48.8 Å². The molecule has 0 radical (unpaired) electrons. The molecule has 0 aliphatic rings. The van der Waals surface area contributed by atoms with Gasteiger partial charge in [0.1, 0.15) is 0 Å². The van der Waals surface area contributed by atoms with E-state index in [9.17, 15) is 4.79 Å². The zero-order chi connectivity index (χ0) is 14.1. The molecule has 20 heavy (non-hydrogen) atoms. The van der Waals surface area contributed by atoms with Gasteiger partial charge in [-0.05, 0) is 29.8 Å². The number of nitrogens with zero attached hydrogens (tertiary/aromatic N) is 4. The van der Waals surface area contributed by atoms with Gasteiger partial charge in [-0.1, -0.05) is 12.1 Å². The average Bonchev–Trinajstić information content (AvgIpc) is 3.08. The summed E-state index contributed by atoms with van der Waals surface area (Å²) in [4.78, 5) is 10.9. The fraction of sp³-hybridized carbons (Fsp3) is 0.0714. The van der Waals surface area contributed by atoms with Gasteiger partial charge in [-0.3, -0.25) is 4.68 Å². The van der Waals surface area contributed by atoms with Gasteiger partial charge >= 0.3 is 5.97 Å². The highest BCUT2D eigenvalue weighted by Gasteiger charge is 2.12. The molecule has 2 aromatic heterocycles. The van der Waals surface area contributed by atoms with E-state index < -0.39 is 5.97 Å². The van der Waals surface area contributed by atoms with Gasteiger partial charge in [0, 0.05) is 19.4 Å². The first-order valence-electron chi connectivity index (χ1n) is 6.03. The normalized spacial score (nSPS) is 10.7. The molecule has 0 aliphatic heterocycles. The number of aromatic carboxylic acids is 1. The quantitative estimate of drug-likeness (QED) is 0.788. The van der Waals surface area contributed by atoms with Crippen molar-refractivity contribution in [2.45, 2.75) is 0 Å². The van der Waals surface area contributed by atoms with Crippen LogP contribution in [0.2, 0.25) is 0 Å². The largest absolute Gasteiger partial charge is 0.476 e. The number of aryl methyl sites for hydroxylation is 1. The van der Waals surface area contributed by atoms with Crippen LogP contribution < -0.4 is 0 Å². The van der Waals surface area contributed by atoms with Crippen LogP contribution in [0, 0.1) is 0 Å². The summed E-state index contributed by atoms with van der Waals surface area (Å²) in [7, 11) is 1.73. The molecular formula is C14H12N4O2. The van der Waals surface area contributed by atoms with Gasteiger partial charge in [0.05, 0.1) is 11.4 Å². The Morgan fingerprint density at radius 2 is 2.00 bits per heavy atom. The third-order valence-electron chi connectivity index (χ3n) is 3.03. The van der Waals surface area contributed by atoms with Crippen LogP contribution in [0.1, 0.15) is 10.5 Å². The third kappa shape index (κ3) is 2.07. The summed E-state index contributed by atoms with van der Waals surface area (Å²) in [6.07, 6.45) is 3.58. The lowest BCUT2D eigenvalue weighted by Crippen LogP contribution is -1.99. The van der Waals surface area contributed by atoms with Gasteiger partial charge in [0.15, 0.2) is 5.69 Å². The zero-order valence-corrected chi connectivity index (χ0v) is 10.8. The van der Waals surface area contributed by atoms with Crippen molar-refractivity contribution in [2.24, 2.45) is 7.05 Å². The number of benzene rings is 1. The minimum absolute atomic E-state index is 0.0404. The van der Waals surface area contributed by atoms with Crippen molar-refractivity contribution in [3.8, 4) is 16.9 Å². The molecular weight excluding hydrogens is 256 g/mol. The number of rotatable bonds is 3. The third-order valence-corrected chi connectivity index (χ3v) is 3.03. The Morgan fingerprint density at radius 3 is 2.55 bits per heavy atom. The molecule has 0 bridgehead atoms. The molecule has 0 spiro atoms. The second kappa shape index (κ2) is 4.65. The van der Waals surface area contributed by atoms with Crippen LogP contribution in [-0.2, 0) is 7.05 Å². The number of hydrogen-bond acceptors (Lipinski definition) is 3. The summed E-state index contributed by atoms with van der Waals surface area (Å²) < 4.78 is 3.32. The van der Waals surface area contributed by atoms with E-state index in [1.165, 1.54) is 0 Å². The van der Waals surface area contributed by atoms with E-state index >= 15 is 0 Å². The monoisotopic (exact) mass is 268 g/mol. The molecule has 3 rings (SSSR count). The topological polar surface area (TPSA) is 72.9 Å². The predicted molar refractivity (Wildman–Crippen MR) is 72.7 cm³/mol. The van der Waals surface area contributed by atoms with E-state index in [1.807, 2.05) is 36.5 Å². The summed E-state index contributed by atoms with van der Waals surface area (Å²) in [5.74, 6) is -1.03. The highest BCUT2D eigenvalue weighted by atomic mass is 16.4. The highest BCUT2D eigenvalue weighted by Crippen LogP contribution is 2.21. The molecule has 100 valence electrons. The van der Waals surface area contributed by atoms with Crippen LogP contribution in [0.3, 0.4) is 0 Å². The van der Waals surface area contributed by atoms with Crippen molar-refractivity contribution in [3.63, 3.8) is 0 Å². The van der Waals surface area contributed by atoms with Gasteiger partial charge in [-0.2, -0.15) is 10.2 Å². The maximum Gasteiger partial charge on any atom is 0.356 e. The predicted octanol–water partition coefficient (Wildman–Crippen LogP) is 1.97. The maximum atomic E-state index is 10.9. The Morgan fingerprint density at radius 1 is 1.25 bits per heavy atom. The fourth-order valence-electron chi connectivity index (χ4n) is 2.05. The van der Waals surface area contributed by atoms with Crippen LogP contribution >= 0.6 is 0 Å². The molecule has 0 fully saturated rings. The van der Waals surface area contributed by atoms with Crippen LogP contribution in [0.5, 0.6) is 0 Å². The number of carboxylic acids is 1. The molecule has 6 nitrogen and oxygen atoms in total. The number of hydrogen-bond donors (Lipinski definition) is 1. The molecule has 0 saturated heterocycles. The van der Waals surface area contributed by atoms with E-state index in [2.05, 4.69) is 10.2 Å². The molecule has 6 heteroatoms. The van der Waals surface area contributed by atoms with E-state index in [0.29, 0.717) is 0 Å². The van der Waals surface area contributed by atoms with E-state index in [1.54, 1.807) is 28.7 Å². The van der Waals surface area contributed by atoms with Crippen molar-refractivity contribution < 1.29 is 9.90 Å². The lowest BCUT2D eigenvalue weighted by atomic mass is 10.1. The van der Waals surface area contributed by atoms with Crippen molar-refractivity contribution in [1.29, 1.82) is 0 Å². The summed E-state index contributed by atoms with van der Waals surface area (Å²) >= 11 is 0. The second-order valence-corrected chi connectivity index (χ2v) is 4.34. The first kappa shape index (κ1) is 12.2. The van der Waals surface area contributed by atoms with Crippen LogP contribution in [0.4, 0.5) is 0 Å². The van der Waals surface area contributed by atoms with Crippen LogP contribution in [0.25, 0.3) is 16.9 Å². The van der Waals surface area contributed by atoms with Gasteiger partial charge in [0.25, 0.3) is 0 Å². The van der Waals surface area contributed by atoms with E-state index in [0.717, 1.165) is 16.9 Å². The summed E-state index contributed by atoms with van der Waals surface area (Å²) in [6, 6.07) is 11.1. The molecule has 1 aromatic carbocycles. The fourth-order valence-corrected chi connectivity index (χ4v) is 2.05. The molecule has 0 saturated carbocycles. The molecule has 1 N–H and O–H groups in total. The molecule has 2 heterocycles. The van der Waals surface area contributed by atoms with Crippen LogP contribution in [-0.4, -0.2) is 30.6 Å². The SMILES string of the molecule is Cn1nc(C(=O)O)cc1-c1ccc(-n2cccn2)cc1. The Bertz CT molecular complexity index is 742.